The van der Waals surface area contributed by atoms with E-state index in [2.05, 4.69) is 29.3 Å². The molecule has 5 N–H and O–H groups in total. The summed E-state index contributed by atoms with van der Waals surface area (Å²) in [5.41, 5.74) is 0.610. The molecule has 39 heavy (non-hydrogen) atoms. The Kier molecular flexibility index (Phi) is 31.2. The first-order chi connectivity index (χ1) is 18.7. The summed E-state index contributed by atoms with van der Waals surface area (Å²) in [5, 5.41) is 33.1. The van der Waals surface area contributed by atoms with Crippen LogP contribution in [0.5, 0.6) is 5.75 Å². The molecule has 10 heteroatoms. The van der Waals surface area contributed by atoms with E-state index in [-0.39, 0.29) is 28.9 Å². The molecule has 0 bridgehead atoms. The number of likely N-dealkylation sites (N-methyl/N-ethyl adjacent to an activating group) is 1. The van der Waals surface area contributed by atoms with Crippen molar-refractivity contribution in [3.63, 3.8) is 0 Å². The number of allylic oxidation sites excluding steroid dienone is 1. The summed E-state index contributed by atoms with van der Waals surface area (Å²) in [7, 11) is 4.94. The van der Waals surface area contributed by atoms with Crippen LogP contribution in [0.25, 0.3) is 0 Å². The number of carbonyl (C=O) groups excluding carboxylic acids is 1. The highest BCUT2D eigenvalue weighted by Crippen LogP contribution is 2.28. The predicted molar refractivity (Wildman–Crippen MR) is 176 cm³/mol. The number of anilines is 1. The number of nitrogens with zero attached hydrogens (tertiary/aromatic N) is 3. The molecule has 0 aliphatic carbocycles. The van der Waals surface area contributed by atoms with Gasteiger partial charge in [-0.05, 0) is 36.4 Å². The molecule has 0 fully saturated rings. The number of amidine groups is 2. The number of amides is 1. The molecule has 1 aromatic rings. The van der Waals surface area contributed by atoms with Gasteiger partial charge in [-0.2, -0.15) is 0 Å². The summed E-state index contributed by atoms with van der Waals surface area (Å²) in [6, 6.07) is 4.94. The normalized spacial score (nSPS) is 10.2. The third-order valence-corrected chi connectivity index (χ3v) is 5.56. The lowest BCUT2D eigenvalue weighted by Crippen LogP contribution is -2.52. The molecular formula is C29H57N7O2S. The number of aromatic hydroxyl groups is 1. The molecule has 0 aromatic heterocycles. The number of carbonyl (C=O) groups is 1. The second-order valence-electron chi connectivity index (χ2n) is 6.83. The van der Waals surface area contributed by atoms with Crippen LogP contribution in [-0.4, -0.2) is 85.4 Å². The lowest BCUT2D eigenvalue weighted by Gasteiger charge is -2.31. The number of rotatable bonds is 10. The van der Waals surface area contributed by atoms with Crippen LogP contribution in [0.15, 0.2) is 34.2 Å². The molecule has 0 aliphatic heterocycles. The van der Waals surface area contributed by atoms with Crippen molar-refractivity contribution in [2.75, 3.05) is 45.3 Å². The van der Waals surface area contributed by atoms with Gasteiger partial charge in [0.05, 0.1) is 17.4 Å². The first-order valence-electron chi connectivity index (χ1n) is 13.8. The van der Waals surface area contributed by atoms with Crippen molar-refractivity contribution in [2.24, 2.45) is 4.99 Å². The first-order valence-corrected chi connectivity index (χ1v) is 14.8. The number of thioether (sulfide) groups is 1. The van der Waals surface area contributed by atoms with Gasteiger partial charge in [0.25, 0.3) is 5.91 Å². The number of benzene rings is 1. The van der Waals surface area contributed by atoms with Crippen LogP contribution in [0.4, 0.5) is 5.69 Å². The molecular weight excluding hydrogens is 510 g/mol. The molecule has 0 saturated heterocycles. The van der Waals surface area contributed by atoms with Gasteiger partial charge in [0, 0.05) is 34.2 Å². The average Bonchev–Trinajstić information content (AvgIpc) is 2.99. The van der Waals surface area contributed by atoms with Crippen molar-refractivity contribution in [1.29, 1.82) is 10.8 Å². The molecule has 0 aliphatic rings. The van der Waals surface area contributed by atoms with Crippen LogP contribution in [0.3, 0.4) is 0 Å². The Bertz CT molecular complexity index is 843. The van der Waals surface area contributed by atoms with Crippen LogP contribution in [-0.2, 0) is 0 Å². The summed E-state index contributed by atoms with van der Waals surface area (Å²) >= 11 is 1.73. The van der Waals surface area contributed by atoms with Gasteiger partial charge in [0.2, 0.25) is 0 Å². The number of para-hydroxylation sites is 1. The number of nitrogens with one attached hydrogen (secondary N) is 4. The Balaban J connectivity index is -0.000000697. The van der Waals surface area contributed by atoms with Crippen molar-refractivity contribution in [1.82, 2.24) is 15.1 Å². The van der Waals surface area contributed by atoms with E-state index >= 15 is 0 Å². The van der Waals surface area contributed by atoms with E-state index in [9.17, 15) is 9.90 Å². The highest BCUT2D eigenvalue weighted by atomic mass is 32.2. The van der Waals surface area contributed by atoms with Gasteiger partial charge in [-0.25, -0.2) is 4.99 Å². The Hall–Kier alpha value is -2.85. The second kappa shape index (κ2) is 28.2. The van der Waals surface area contributed by atoms with E-state index in [1.54, 1.807) is 56.0 Å². The van der Waals surface area contributed by atoms with E-state index in [1.165, 1.54) is 4.90 Å². The number of aliphatic imine (C=N–C) groups is 1. The lowest BCUT2D eigenvalue weighted by atomic mass is 10.1. The molecule has 0 saturated carbocycles. The summed E-state index contributed by atoms with van der Waals surface area (Å²) in [6.45, 7) is 24.3. The van der Waals surface area contributed by atoms with Crippen molar-refractivity contribution in [2.45, 2.75) is 75.4 Å². The first kappa shape index (κ1) is 43.2. The lowest BCUT2D eigenvalue weighted by molar-refractivity contribution is 0.0824. The maximum atomic E-state index is 12.3. The fraction of sp³-hybridized carbons (Fsp3) is 0.586. The zero-order chi connectivity index (χ0) is 31.6. The van der Waals surface area contributed by atoms with Crippen molar-refractivity contribution in [3.8, 4) is 5.75 Å². The zero-order valence-electron chi connectivity index (χ0n) is 26.8. The van der Waals surface area contributed by atoms with Crippen LogP contribution >= 0.6 is 11.8 Å². The van der Waals surface area contributed by atoms with E-state index in [1.807, 2.05) is 68.4 Å². The average molecular weight is 568 g/mol. The van der Waals surface area contributed by atoms with Gasteiger partial charge in [0.1, 0.15) is 0 Å². The van der Waals surface area contributed by atoms with Gasteiger partial charge in [-0.3, -0.25) is 20.9 Å². The SMILES string of the molecule is C=NC(=N)C(=N)N(C)C(CNc1cccc(C(=O)N(C)C)c1O)NC/C(=C/C)SCC.CC.CC.CC.CC. The van der Waals surface area contributed by atoms with Crippen LogP contribution in [0.1, 0.15) is 79.6 Å². The number of hydrogen-bond donors (Lipinski definition) is 5. The van der Waals surface area contributed by atoms with Crippen molar-refractivity contribution < 1.29 is 9.90 Å². The van der Waals surface area contributed by atoms with Crippen LogP contribution in [0.2, 0.25) is 0 Å². The highest BCUT2D eigenvalue weighted by molar-refractivity contribution is 8.03. The topological polar surface area (TPSA) is 128 Å². The molecule has 0 radical (unpaired) electrons. The minimum atomic E-state index is -0.394. The van der Waals surface area contributed by atoms with Gasteiger partial charge >= 0.3 is 0 Å². The zero-order valence-corrected chi connectivity index (χ0v) is 27.6. The van der Waals surface area contributed by atoms with E-state index < -0.39 is 6.17 Å². The maximum Gasteiger partial charge on any atom is 0.257 e. The van der Waals surface area contributed by atoms with Gasteiger partial charge < -0.3 is 20.2 Å². The van der Waals surface area contributed by atoms with Crippen molar-refractivity contribution in [3.05, 3.63) is 34.7 Å². The van der Waals surface area contributed by atoms with Gasteiger partial charge in [0.15, 0.2) is 17.4 Å². The summed E-state index contributed by atoms with van der Waals surface area (Å²) in [5.74, 6) is 0.204. The third-order valence-electron chi connectivity index (χ3n) is 4.52. The summed E-state index contributed by atoms with van der Waals surface area (Å²) in [4.78, 5) is 19.9. The molecule has 226 valence electrons. The Labute approximate surface area is 243 Å². The number of phenolic OH excluding ortho intramolecular Hbond substituents is 1. The van der Waals surface area contributed by atoms with Gasteiger partial charge in [-0.1, -0.05) is 74.5 Å². The summed E-state index contributed by atoms with van der Waals surface area (Å²) < 4.78 is 0. The smallest absolute Gasteiger partial charge is 0.257 e. The van der Waals surface area contributed by atoms with E-state index in [0.29, 0.717) is 18.8 Å². The van der Waals surface area contributed by atoms with Crippen molar-refractivity contribution >= 4 is 41.7 Å². The molecule has 9 nitrogen and oxygen atoms in total. The molecule has 0 spiro atoms. The maximum absolute atomic E-state index is 12.3. The fourth-order valence-electron chi connectivity index (χ4n) is 2.69. The largest absolute Gasteiger partial charge is 0.505 e. The molecule has 1 atom stereocenters. The molecule has 1 rings (SSSR count). The Morgan fingerprint density at radius 1 is 1.10 bits per heavy atom. The summed E-state index contributed by atoms with van der Waals surface area (Å²) in [6.07, 6.45) is 1.64. The standard InChI is InChI=1S/C21H33N7O2S.4C2H6/c1-7-14(31-8-2)12-26-17(28(6)20(23)19(22)24-3)13-25-16-11-9-10-15(18(16)29)21(30)27(4)5;4*1-2/h7,9-11,17,22-23,25-26,29H,3,8,12-13H2,1-2,4-6H3;4*1-2H3/b14-7-,22-19?,23-20?;;;;. The number of hydrogen-bond acceptors (Lipinski definition) is 7. The number of phenols is 1. The minimum absolute atomic E-state index is 0.0831. The molecule has 1 amide bonds. The fourth-order valence-corrected chi connectivity index (χ4v) is 3.41. The molecule has 1 aromatic carbocycles. The van der Waals surface area contributed by atoms with E-state index in [4.69, 9.17) is 10.8 Å². The Morgan fingerprint density at radius 2 is 1.64 bits per heavy atom. The van der Waals surface area contributed by atoms with Crippen LogP contribution in [0, 0.1) is 10.8 Å². The highest BCUT2D eigenvalue weighted by Gasteiger charge is 2.21. The Morgan fingerprint density at radius 3 is 2.08 bits per heavy atom. The van der Waals surface area contributed by atoms with Gasteiger partial charge in [-0.15, -0.1) is 11.8 Å². The quantitative estimate of drug-likeness (QED) is 0.0918. The minimum Gasteiger partial charge on any atom is -0.505 e. The second-order valence-corrected chi connectivity index (χ2v) is 8.22. The predicted octanol–water partition coefficient (Wildman–Crippen LogP) is 6.77. The molecule has 0 heterocycles. The van der Waals surface area contributed by atoms with E-state index in [0.717, 1.165) is 10.7 Å². The van der Waals surface area contributed by atoms with Crippen LogP contribution < -0.4 is 10.6 Å². The molecule has 1 unspecified atom stereocenters. The third kappa shape index (κ3) is 16.7. The monoisotopic (exact) mass is 567 g/mol.